The Morgan fingerprint density at radius 2 is 2.07 bits per heavy atom. The maximum absolute atomic E-state index is 12.6. The van der Waals surface area contributed by atoms with Gasteiger partial charge >= 0.3 is 0 Å². The fourth-order valence-corrected chi connectivity index (χ4v) is 5.27. The summed E-state index contributed by atoms with van der Waals surface area (Å²) in [5, 5.41) is 6.63. The molecule has 2 heterocycles. The number of carbonyl (C=O) groups excluding carboxylic acids is 1. The molecule has 0 spiro atoms. The van der Waals surface area contributed by atoms with Gasteiger partial charge in [0, 0.05) is 21.0 Å². The Kier molecular flexibility index (Phi) is 5.19. The van der Waals surface area contributed by atoms with Crippen molar-refractivity contribution in [2.24, 2.45) is 0 Å². The van der Waals surface area contributed by atoms with E-state index in [0.29, 0.717) is 15.0 Å². The molecule has 0 aliphatic carbocycles. The van der Waals surface area contributed by atoms with Gasteiger partial charge in [-0.1, -0.05) is 29.8 Å². The maximum atomic E-state index is 12.6. The van der Waals surface area contributed by atoms with Crippen LogP contribution >= 0.6 is 50.2 Å². The molecule has 136 valence electrons. The molecule has 0 aliphatic heterocycles. The topological polar surface area (TPSA) is 51.2 Å². The lowest BCUT2D eigenvalue weighted by atomic mass is 10.2. The normalized spacial score (nSPS) is 10.9. The third-order valence-corrected chi connectivity index (χ3v) is 6.96. The van der Waals surface area contributed by atoms with Gasteiger partial charge in [-0.15, -0.1) is 22.7 Å². The standard InChI is InChI=1S/C19H12BrClN2O2S2/c1-25-14-7-6-10(8-12(14)20)13-9-26-19(22-13)23-18(24)17-16(21)11-4-2-3-5-15(11)27-17/h2-9H,1H3,(H,22,23,24). The molecular formula is C19H12BrClN2O2S2. The zero-order valence-corrected chi connectivity index (χ0v) is 17.9. The van der Waals surface area contributed by atoms with Crippen LogP contribution < -0.4 is 10.1 Å². The first-order valence-corrected chi connectivity index (χ1v) is 10.7. The number of anilines is 1. The van der Waals surface area contributed by atoms with Crippen molar-refractivity contribution in [2.75, 3.05) is 12.4 Å². The second-order valence-electron chi connectivity index (χ2n) is 5.58. The highest BCUT2D eigenvalue weighted by Gasteiger charge is 2.18. The zero-order valence-electron chi connectivity index (χ0n) is 14.0. The Hall–Kier alpha value is -1.93. The van der Waals surface area contributed by atoms with Crippen molar-refractivity contribution >= 4 is 71.3 Å². The molecule has 0 bridgehead atoms. The van der Waals surface area contributed by atoms with Gasteiger partial charge in [0.25, 0.3) is 5.91 Å². The predicted molar refractivity (Wildman–Crippen MR) is 117 cm³/mol. The number of nitrogens with zero attached hydrogens (tertiary/aromatic N) is 1. The summed E-state index contributed by atoms with van der Waals surface area (Å²) in [6.07, 6.45) is 0. The summed E-state index contributed by atoms with van der Waals surface area (Å²) in [5.41, 5.74) is 1.71. The Bertz CT molecular complexity index is 1160. The van der Waals surface area contributed by atoms with E-state index in [2.05, 4.69) is 26.2 Å². The number of carbonyl (C=O) groups is 1. The number of benzene rings is 2. The van der Waals surface area contributed by atoms with Crippen LogP contribution in [0, 0.1) is 0 Å². The molecule has 2 aromatic heterocycles. The first-order valence-electron chi connectivity index (χ1n) is 7.84. The fourth-order valence-electron chi connectivity index (χ4n) is 2.60. The summed E-state index contributed by atoms with van der Waals surface area (Å²) >= 11 is 12.6. The molecule has 0 radical (unpaired) electrons. The van der Waals surface area contributed by atoms with Gasteiger partial charge < -0.3 is 4.74 Å². The van der Waals surface area contributed by atoms with Gasteiger partial charge in [-0.3, -0.25) is 10.1 Å². The largest absolute Gasteiger partial charge is 0.496 e. The number of thiophene rings is 1. The molecule has 0 saturated heterocycles. The van der Waals surface area contributed by atoms with Crippen molar-refractivity contribution in [1.82, 2.24) is 4.98 Å². The van der Waals surface area contributed by atoms with E-state index in [-0.39, 0.29) is 5.91 Å². The number of halogens is 2. The Morgan fingerprint density at radius 1 is 1.26 bits per heavy atom. The van der Waals surface area contributed by atoms with E-state index in [1.807, 2.05) is 47.8 Å². The highest BCUT2D eigenvalue weighted by atomic mass is 79.9. The summed E-state index contributed by atoms with van der Waals surface area (Å²) < 4.78 is 7.07. The second-order valence-corrected chi connectivity index (χ2v) is 8.73. The Labute approximate surface area is 176 Å². The molecule has 27 heavy (non-hydrogen) atoms. The number of hydrogen-bond donors (Lipinski definition) is 1. The molecule has 0 saturated carbocycles. The molecular weight excluding hydrogens is 468 g/mol. The van der Waals surface area contributed by atoms with Crippen molar-refractivity contribution in [3.8, 4) is 17.0 Å². The van der Waals surface area contributed by atoms with Crippen LogP contribution in [0.3, 0.4) is 0 Å². The highest BCUT2D eigenvalue weighted by molar-refractivity contribution is 9.10. The third-order valence-electron chi connectivity index (χ3n) is 3.91. The minimum atomic E-state index is -0.252. The predicted octanol–water partition coefficient (Wildman–Crippen LogP) is 6.70. The molecule has 0 fully saturated rings. The molecule has 4 aromatic rings. The summed E-state index contributed by atoms with van der Waals surface area (Å²) in [7, 11) is 1.62. The number of aromatic nitrogens is 1. The van der Waals surface area contributed by atoms with Crippen LogP contribution in [0.25, 0.3) is 21.3 Å². The average Bonchev–Trinajstić information content (AvgIpc) is 3.27. The third kappa shape index (κ3) is 3.60. The minimum Gasteiger partial charge on any atom is -0.496 e. The van der Waals surface area contributed by atoms with E-state index in [0.717, 1.165) is 31.6 Å². The summed E-state index contributed by atoms with van der Waals surface area (Å²) in [4.78, 5) is 17.6. The van der Waals surface area contributed by atoms with E-state index in [1.165, 1.54) is 22.7 Å². The number of methoxy groups -OCH3 is 1. The lowest BCUT2D eigenvalue weighted by Crippen LogP contribution is -2.10. The number of thiazole rings is 1. The van der Waals surface area contributed by atoms with Crippen molar-refractivity contribution in [1.29, 1.82) is 0 Å². The number of fused-ring (bicyclic) bond motifs is 1. The Balaban J connectivity index is 1.57. The van der Waals surface area contributed by atoms with E-state index in [9.17, 15) is 4.79 Å². The van der Waals surface area contributed by atoms with E-state index < -0.39 is 0 Å². The summed E-state index contributed by atoms with van der Waals surface area (Å²) in [5.74, 6) is 0.500. The molecule has 1 N–H and O–H groups in total. The Morgan fingerprint density at radius 3 is 2.81 bits per heavy atom. The SMILES string of the molecule is COc1ccc(-c2csc(NC(=O)c3sc4ccccc4c3Cl)n2)cc1Br. The van der Waals surface area contributed by atoms with E-state index in [4.69, 9.17) is 16.3 Å². The first kappa shape index (κ1) is 18.4. The lowest BCUT2D eigenvalue weighted by Gasteiger charge is -2.04. The van der Waals surface area contributed by atoms with Crippen LogP contribution in [0.5, 0.6) is 5.75 Å². The smallest absolute Gasteiger partial charge is 0.269 e. The van der Waals surface area contributed by atoms with Crippen LogP contribution in [-0.2, 0) is 0 Å². The number of amides is 1. The van der Waals surface area contributed by atoms with Crippen LogP contribution in [0.2, 0.25) is 5.02 Å². The van der Waals surface area contributed by atoms with Gasteiger partial charge in [0.15, 0.2) is 5.13 Å². The van der Waals surface area contributed by atoms with Crippen LogP contribution in [0.15, 0.2) is 52.3 Å². The molecule has 0 aliphatic rings. The second kappa shape index (κ2) is 7.59. The van der Waals surface area contributed by atoms with Gasteiger partial charge in [-0.25, -0.2) is 4.98 Å². The number of ether oxygens (including phenoxy) is 1. The average molecular weight is 480 g/mol. The van der Waals surface area contributed by atoms with E-state index >= 15 is 0 Å². The van der Waals surface area contributed by atoms with Crippen LogP contribution in [0.4, 0.5) is 5.13 Å². The van der Waals surface area contributed by atoms with E-state index in [1.54, 1.807) is 7.11 Å². The van der Waals surface area contributed by atoms with Crippen molar-refractivity contribution in [2.45, 2.75) is 0 Å². The van der Waals surface area contributed by atoms with Crippen LogP contribution in [-0.4, -0.2) is 18.0 Å². The first-order chi connectivity index (χ1) is 13.1. The maximum Gasteiger partial charge on any atom is 0.269 e. The molecule has 8 heteroatoms. The summed E-state index contributed by atoms with van der Waals surface area (Å²) in [6, 6.07) is 13.4. The van der Waals surface area contributed by atoms with Crippen LogP contribution in [0.1, 0.15) is 9.67 Å². The number of hydrogen-bond acceptors (Lipinski definition) is 5. The monoisotopic (exact) mass is 478 g/mol. The lowest BCUT2D eigenvalue weighted by molar-refractivity contribution is 0.103. The highest BCUT2D eigenvalue weighted by Crippen LogP contribution is 2.36. The van der Waals surface area contributed by atoms with Crippen molar-refractivity contribution < 1.29 is 9.53 Å². The molecule has 4 nitrogen and oxygen atoms in total. The molecule has 1 amide bonds. The summed E-state index contributed by atoms with van der Waals surface area (Å²) in [6.45, 7) is 0. The van der Waals surface area contributed by atoms with Crippen molar-refractivity contribution in [3.05, 3.63) is 62.2 Å². The van der Waals surface area contributed by atoms with Gasteiger partial charge in [0.05, 0.1) is 22.3 Å². The van der Waals surface area contributed by atoms with Crippen molar-refractivity contribution in [3.63, 3.8) is 0 Å². The number of nitrogens with one attached hydrogen (secondary N) is 1. The fraction of sp³-hybridized carbons (Fsp3) is 0.0526. The minimum absolute atomic E-state index is 0.252. The number of rotatable bonds is 4. The molecule has 4 rings (SSSR count). The quantitative estimate of drug-likeness (QED) is 0.354. The van der Waals surface area contributed by atoms with Gasteiger partial charge in [-0.05, 0) is 40.2 Å². The molecule has 0 atom stereocenters. The van der Waals surface area contributed by atoms with Gasteiger partial charge in [-0.2, -0.15) is 0 Å². The molecule has 2 aromatic carbocycles. The van der Waals surface area contributed by atoms with Gasteiger partial charge in [0.1, 0.15) is 10.6 Å². The zero-order chi connectivity index (χ0) is 19.0. The van der Waals surface area contributed by atoms with Gasteiger partial charge in [0.2, 0.25) is 0 Å². The molecule has 0 unspecified atom stereocenters.